The van der Waals surface area contributed by atoms with Crippen molar-refractivity contribution in [3.63, 3.8) is 0 Å². The minimum absolute atomic E-state index is 0.0557. The number of carbonyl (C=O) groups excluding carboxylic acids is 1. The van der Waals surface area contributed by atoms with Crippen LogP contribution in [0.3, 0.4) is 0 Å². The van der Waals surface area contributed by atoms with Crippen LogP contribution in [0.15, 0.2) is 29.6 Å². The van der Waals surface area contributed by atoms with Crippen molar-refractivity contribution >= 4 is 22.4 Å². The fraction of sp³-hybridized carbons (Fsp3) is 0.471. The van der Waals surface area contributed by atoms with Gasteiger partial charge in [0.15, 0.2) is 0 Å². The average Bonchev–Trinajstić information content (AvgIpc) is 3.03. The van der Waals surface area contributed by atoms with Gasteiger partial charge in [0.25, 0.3) is 0 Å². The molecule has 0 radical (unpaired) electrons. The Balaban J connectivity index is 1.77. The summed E-state index contributed by atoms with van der Waals surface area (Å²) in [5.74, 6) is 0. The Kier molecular flexibility index (Phi) is 5.70. The highest BCUT2D eigenvalue weighted by Gasteiger charge is 2.31. The molecule has 1 amide bonds. The fourth-order valence-electron chi connectivity index (χ4n) is 3.01. The zero-order chi connectivity index (χ0) is 18.4. The van der Waals surface area contributed by atoms with Gasteiger partial charge in [-0.25, -0.2) is 9.78 Å². The molecular weight excluding hydrogens is 352 g/mol. The molecule has 136 valence electrons. The molecular formula is C17H20N6O2S. The van der Waals surface area contributed by atoms with Crippen molar-refractivity contribution in [2.24, 2.45) is 5.11 Å². The molecule has 3 rings (SSSR count). The molecule has 9 heteroatoms. The lowest BCUT2D eigenvalue weighted by molar-refractivity contribution is 0.00566. The summed E-state index contributed by atoms with van der Waals surface area (Å²) in [6, 6.07) is 3.70. The number of ether oxygens (including phenoxy) is 1. The number of anilines is 1. The molecule has 26 heavy (non-hydrogen) atoms. The summed E-state index contributed by atoms with van der Waals surface area (Å²) in [6.07, 6.45) is 7.93. The molecule has 0 saturated heterocycles. The molecule has 0 atom stereocenters. The predicted molar refractivity (Wildman–Crippen MR) is 99.8 cm³/mol. The smallest absolute Gasteiger partial charge is 0.412 e. The largest absolute Gasteiger partial charge is 0.443 e. The Morgan fingerprint density at radius 2 is 2.27 bits per heavy atom. The highest BCUT2D eigenvalue weighted by molar-refractivity contribution is 7.19. The molecule has 1 saturated carbocycles. The molecule has 1 N–H and O–H groups in total. The summed E-state index contributed by atoms with van der Waals surface area (Å²) in [5.41, 5.74) is 9.51. The maximum absolute atomic E-state index is 12.4. The minimum Gasteiger partial charge on any atom is -0.443 e. The van der Waals surface area contributed by atoms with Crippen LogP contribution in [0.1, 0.15) is 44.7 Å². The van der Waals surface area contributed by atoms with Crippen molar-refractivity contribution in [2.45, 2.75) is 51.2 Å². The van der Waals surface area contributed by atoms with E-state index in [1.54, 1.807) is 12.4 Å². The molecule has 0 spiro atoms. The van der Waals surface area contributed by atoms with E-state index in [0.29, 0.717) is 15.7 Å². The van der Waals surface area contributed by atoms with Crippen molar-refractivity contribution in [1.29, 1.82) is 0 Å². The van der Waals surface area contributed by atoms with Crippen LogP contribution in [0.5, 0.6) is 0 Å². The SMILES string of the molecule is CC1(OC(=O)Nc2sc(-c3cccnc3)nc2CN=[N+]=[N-])CCCCC1. The molecule has 8 nitrogen and oxygen atoms in total. The number of thiazole rings is 1. The highest BCUT2D eigenvalue weighted by atomic mass is 32.1. The molecule has 0 bridgehead atoms. The zero-order valence-corrected chi connectivity index (χ0v) is 15.3. The second-order valence-corrected chi connectivity index (χ2v) is 7.45. The molecule has 2 heterocycles. The second-order valence-electron chi connectivity index (χ2n) is 6.45. The molecule has 2 aromatic rings. The van der Waals surface area contributed by atoms with E-state index in [2.05, 4.69) is 25.3 Å². The van der Waals surface area contributed by atoms with Crippen LogP contribution < -0.4 is 5.32 Å². The standard InChI is InChI=1S/C17H20N6O2S/c1-17(7-3-2-4-8-17)25-16(24)22-15-13(11-20-23-18)21-14(26-15)12-6-5-9-19-10-12/h5-6,9-10H,2-4,7-8,11H2,1H3,(H,22,24). The van der Waals surface area contributed by atoms with Gasteiger partial charge in [-0.1, -0.05) is 22.9 Å². The van der Waals surface area contributed by atoms with Crippen LogP contribution in [-0.4, -0.2) is 21.7 Å². The molecule has 1 aliphatic rings. The van der Waals surface area contributed by atoms with Gasteiger partial charge >= 0.3 is 6.09 Å². The number of aromatic nitrogens is 2. The third kappa shape index (κ3) is 4.50. The number of pyridine rings is 1. The number of hydrogen-bond acceptors (Lipinski definition) is 6. The summed E-state index contributed by atoms with van der Waals surface area (Å²) in [6.45, 7) is 2.03. The van der Waals surface area contributed by atoms with Crippen LogP contribution in [0.25, 0.3) is 21.0 Å². The summed E-state index contributed by atoms with van der Waals surface area (Å²) in [4.78, 5) is 23.7. The Morgan fingerprint density at radius 3 is 2.96 bits per heavy atom. The molecule has 0 aliphatic heterocycles. The van der Waals surface area contributed by atoms with Gasteiger partial charge < -0.3 is 4.74 Å². The van der Waals surface area contributed by atoms with Gasteiger partial charge in [-0.3, -0.25) is 10.3 Å². The summed E-state index contributed by atoms with van der Waals surface area (Å²) in [5, 5.41) is 7.56. The van der Waals surface area contributed by atoms with Gasteiger partial charge in [0, 0.05) is 22.9 Å². The first-order valence-electron chi connectivity index (χ1n) is 8.51. The first-order chi connectivity index (χ1) is 12.6. The topological polar surface area (TPSA) is 113 Å². The lowest BCUT2D eigenvalue weighted by atomic mass is 9.86. The van der Waals surface area contributed by atoms with Gasteiger partial charge in [-0.2, -0.15) is 0 Å². The first-order valence-corrected chi connectivity index (χ1v) is 9.32. The maximum Gasteiger partial charge on any atom is 0.412 e. The van der Waals surface area contributed by atoms with Crippen molar-refractivity contribution in [3.8, 4) is 10.6 Å². The highest BCUT2D eigenvalue weighted by Crippen LogP contribution is 2.34. The molecule has 0 aromatic carbocycles. The maximum atomic E-state index is 12.4. The third-order valence-corrected chi connectivity index (χ3v) is 5.42. The van der Waals surface area contributed by atoms with E-state index in [4.69, 9.17) is 10.3 Å². The molecule has 1 aliphatic carbocycles. The normalized spacial score (nSPS) is 15.7. The lowest BCUT2D eigenvalue weighted by Crippen LogP contribution is -2.35. The quantitative estimate of drug-likeness (QED) is 0.436. The summed E-state index contributed by atoms with van der Waals surface area (Å²) in [7, 11) is 0. The molecule has 2 aromatic heterocycles. The van der Waals surface area contributed by atoms with Crippen molar-refractivity contribution in [1.82, 2.24) is 9.97 Å². The first kappa shape index (κ1) is 18.2. The van der Waals surface area contributed by atoms with E-state index < -0.39 is 11.7 Å². The molecule has 1 fully saturated rings. The van der Waals surface area contributed by atoms with E-state index in [1.807, 2.05) is 19.1 Å². The van der Waals surface area contributed by atoms with E-state index in [0.717, 1.165) is 31.2 Å². The number of carbonyl (C=O) groups is 1. The van der Waals surface area contributed by atoms with E-state index in [1.165, 1.54) is 17.8 Å². The Labute approximate surface area is 155 Å². The Morgan fingerprint density at radius 1 is 1.46 bits per heavy atom. The van der Waals surface area contributed by atoms with Crippen LogP contribution in [0.4, 0.5) is 9.80 Å². The average molecular weight is 372 g/mol. The van der Waals surface area contributed by atoms with Gasteiger partial charge in [0.2, 0.25) is 0 Å². The number of hydrogen-bond donors (Lipinski definition) is 1. The fourth-order valence-corrected chi connectivity index (χ4v) is 3.96. The van der Waals surface area contributed by atoms with Gasteiger partial charge in [0.1, 0.15) is 15.6 Å². The summed E-state index contributed by atoms with van der Waals surface area (Å²) < 4.78 is 5.67. The number of amides is 1. The number of nitrogens with one attached hydrogen (secondary N) is 1. The molecule has 0 unspecified atom stereocenters. The zero-order valence-electron chi connectivity index (χ0n) is 14.5. The van der Waals surface area contributed by atoms with E-state index >= 15 is 0 Å². The van der Waals surface area contributed by atoms with Crippen molar-refractivity contribution < 1.29 is 9.53 Å². The Hall–Kier alpha value is -2.64. The minimum atomic E-state index is -0.502. The monoisotopic (exact) mass is 372 g/mol. The number of nitrogens with zero attached hydrogens (tertiary/aromatic N) is 5. The third-order valence-electron chi connectivity index (χ3n) is 4.36. The van der Waals surface area contributed by atoms with Gasteiger partial charge in [-0.05, 0) is 50.3 Å². The number of azide groups is 1. The Bertz CT molecular complexity index is 810. The lowest BCUT2D eigenvalue weighted by Gasteiger charge is -2.32. The van der Waals surface area contributed by atoms with Crippen LogP contribution >= 0.6 is 11.3 Å². The van der Waals surface area contributed by atoms with E-state index in [9.17, 15) is 4.79 Å². The van der Waals surface area contributed by atoms with Crippen molar-refractivity contribution in [2.75, 3.05) is 5.32 Å². The van der Waals surface area contributed by atoms with Crippen molar-refractivity contribution in [3.05, 3.63) is 40.7 Å². The second kappa shape index (κ2) is 8.16. The van der Waals surface area contributed by atoms with Crippen LogP contribution in [-0.2, 0) is 11.3 Å². The summed E-state index contributed by atoms with van der Waals surface area (Å²) >= 11 is 1.31. The van der Waals surface area contributed by atoms with Gasteiger partial charge in [0.05, 0.1) is 12.2 Å². The van der Waals surface area contributed by atoms with Crippen LogP contribution in [0, 0.1) is 0 Å². The van der Waals surface area contributed by atoms with E-state index in [-0.39, 0.29) is 6.54 Å². The van der Waals surface area contributed by atoms with Crippen LogP contribution in [0.2, 0.25) is 0 Å². The van der Waals surface area contributed by atoms with Gasteiger partial charge in [-0.15, -0.1) is 0 Å². The predicted octanol–water partition coefficient (Wildman–Crippen LogP) is 5.29. The number of rotatable bonds is 5.